The summed E-state index contributed by atoms with van der Waals surface area (Å²) in [6.07, 6.45) is 0. The van der Waals surface area contributed by atoms with Gasteiger partial charge < -0.3 is 15.1 Å². The zero-order chi connectivity index (χ0) is 20.6. The van der Waals surface area contributed by atoms with Crippen LogP contribution in [0.5, 0.6) is 0 Å². The zero-order valence-electron chi connectivity index (χ0n) is 16.8. The van der Waals surface area contributed by atoms with Gasteiger partial charge in [0.05, 0.1) is 5.69 Å². The second-order valence-corrected chi connectivity index (χ2v) is 7.68. The number of hydrogen-bond acceptors (Lipinski definition) is 3. The first-order valence-electron chi connectivity index (χ1n) is 10.4. The average molecular weight is 400 g/mol. The van der Waals surface area contributed by atoms with Crippen LogP contribution in [0.25, 0.3) is 32.7 Å². The van der Waals surface area contributed by atoms with E-state index in [1.165, 1.54) is 10.8 Å². The third-order valence-corrected chi connectivity index (χ3v) is 5.57. The van der Waals surface area contributed by atoms with Crippen LogP contribution in [0.15, 0.2) is 114 Å². The van der Waals surface area contributed by atoms with Gasteiger partial charge in [0, 0.05) is 27.8 Å². The van der Waals surface area contributed by atoms with Crippen LogP contribution in [0.1, 0.15) is 0 Å². The molecule has 0 atom stereocenters. The Morgan fingerprint density at radius 1 is 0.484 bits per heavy atom. The number of para-hydroxylation sites is 2. The fraction of sp³-hybridized carbons (Fsp3) is 0. The Morgan fingerprint density at radius 2 is 1.26 bits per heavy atom. The molecule has 2 N–H and O–H groups in total. The van der Waals surface area contributed by atoms with Crippen LogP contribution in [-0.2, 0) is 0 Å². The van der Waals surface area contributed by atoms with E-state index in [-0.39, 0.29) is 0 Å². The van der Waals surface area contributed by atoms with Crippen molar-refractivity contribution in [1.82, 2.24) is 0 Å². The monoisotopic (exact) mass is 400 g/mol. The number of furan rings is 1. The topological polar surface area (TPSA) is 37.2 Å². The van der Waals surface area contributed by atoms with Crippen molar-refractivity contribution in [1.29, 1.82) is 0 Å². The molecule has 3 heteroatoms. The van der Waals surface area contributed by atoms with Gasteiger partial charge in [-0.25, -0.2) is 0 Å². The van der Waals surface area contributed by atoms with Gasteiger partial charge in [-0.3, -0.25) is 0 Å². The Hall–Kier alpha value is -4.24. The molecule has 6 aromatic rings. The first-order chi connectivity index (χ1) is 15.3. The lowest BCUT2D eigenvalue weighted by molar-refractivity contribution is 0.670. The number of anilines is 4. The average Bonchev–Trinajstić information content (AvgIpc) is 3.19. The van der Waals surface area contributed by atoms with E-state index >= 15 is 0 Å². The molecule has 0 unspecified atom stereocenters. The van der Waals surface area contributed by atoms with E-state index in [1.54, 1.807) is 0 Å². The minimum Gasteiger partial charge on any atom is -0.454 e. The second kappa shape index (κ2) is 7.22. The molecule has 0 fully saturated rings. The van der Waals surface area contributed by atoms with E-state index in [0.717, 1.165) is 44.7 Å². The molecule has 0 saturated carbocycles. The molecule has 5 aromatic carbocycles. The quantitative estimate of drug-likeness (QED) is 0.313. The van der Waals surface area contributed by atoms with Crippen molar-refractivity contribution in [3.63, 3.8) is 0 Å². The van der Waals surface area contributed by atoms with Crippen LogP contribution in [0.4, 0.5) is 22.7 Å². The summed E-state index contributed by atoms with van der Waals surface area (Å²) in [4.78, 5) is 0. The molecular weight excluding hydrogens is 380 g/mol. The minimum atomic E-state index is 0.855. The fourth-order valence-electron chi connectivity index (χ4n) is 4.10. The van der Waals surface area contributed by atoms with Crippen molar-refractivity contribution in [2.75, 3.05) is 10.6 Å². The maximum atomic E-state index is 6.26. The van der Waals surface area contributed by atoms with E-state index in [2.05, 4.69) is 83.4 Å². The molecule has 3 nitrogen and oxygen atoms in total. The summed E-state index contributed by atoms with van der Waals surface area (Å²) in [7, 11) is 0. The van der Waals surface area contributed by atoms with Crippen LogP contribution >= 0.6 is 0 Å². The summed E-state index contributed by atoms with van der Waals surface area (Å²) in [5, 5.41) is 11.7. The summed E-state index contributed by atoms with van der Waals surface area (Å²) in [5.41, 5.74) is 5.75. The Morgan fingerprint density at radius 3 is 2.16 bits per heavy atom. The highest BCUT2D eigenvalue weighted by atomic mass is 16.3. The molecule has 6 rings (SSSR count). The molecule has 1 aromatic heterocycles. The number of rotatable bonds is 4. The molecule has 0 bridgehead atoms. The van der Waals surface area contributed by atoms with Crippen molar-refractivity contribution in [3.8, 4) is 0 Å². The second-order valence-electron chi connectivity index (χ2n) is 7.68. The lowest BCUT2D eigenvalue weighted by atomic mass is 10.1. The normalized spacial score (nSPS) is 11.2. The highest BCUT2D eigenvalue weighted by Gasteiger charge is 2.13. The number of hydrogen-bond donors (Lipinski definition) is 2. The molecular formula is C28H20N2O. The van der Waals surface area contributed by atoms with Gasteiger partial charge in [0.1, 0.15) is 5.58 Å². The smallest absolute Gasteiger partial charge is 0.158 e. The predicted molar refractivity (Wildman–Crippen MR) is 131 cm³/mol. The maximum absolute atomic E-state index is 6.26. The minimum absolute atomic E-state index is 0.855. The zero-order valence-corrected chi connectivity index (χ0v) is 16.8. The summed E-state index contributed by atoms with van der Waals surface area (Å²) in [6.45, 7) is 0. The Bertz CT molecular complexity index is 1530. The highest BCUT2D eigenvalue weighted by Crippen LogP contribution is 2.38. The van der Waals surface area contributed by atoms with Gasteiger partial charge >= 0.3 is 0 Å². The number of nitrogens with one attached hydrogen (secondary N) is 2. The third kappa shape index (κ3) is 3.26. The van der Waals surface area contributed by atoms with Crippen molar-refractivity contribution in [3.05, 3.63) is 109 Å². The lowest BCUT2D eigenvalue weighted by Crippen LogP contribution is -1.94. The van der Waals surface area contributed by atoms with E-state index < -0.39 is 0 Å². The summed E-state index contributed by atoms with van der Waals surface area (Å²) >= 11 is 0. The van der Waals surface area contributed by atoms with Gasteiger partial charge in [-0.15, -0.1) is 0 Å². The molecule has 0 aliphatic rings. The van der Waals surface area contributed by atoms with Crippen LogP contribution in [0.3, 0.4) is 0 Å². The Labute approximate surface area is 179 Å². The molecule has 0 saturated heterocycles. The third-order valence-electron chi connectivity index (χ3n) is 5.57. The number of fused-ring (bicyclic) bond motifs is 4. The Balaban J connectivity index is 1.50. The van der Waals surface area contributed by atoms with Crippen molar-refractivity contribution >= 4 is 55.5 Å². The molecule has 0 amide bonds. The fourth-order valence-corrected chi connectivity index (χ4v) is 4.10. The largest absolute Gasteiger partial charge is 0.454 e. The maximum Gasteiger partial charge on any atom is 0.158 e. The van der Waals surface area contributed by atoms with E-state index in [0.29, 0.717) is 0 Å². The van der Waals surface area contributed by atoms with E-state index in [1.807, 2.05) is 36.4 Å². The molecule has 0 radical (unpaired) electrons. The highest BCUT2D eigenvalue weighted by molar-refractivity contribution is 6.11. The molecule has 0 spiro atoms. The van der Waals surface area contributed by atoms with Crippen molar-refractivity contribution in [2.24, 2.45) is 0 Å². The van der Waals surface area contributed by atoms with Crippen molar-refractivity contribution in [2.45, 2.75) is 0 Å². The Kier molecular flexibility index (Phi) is 4.10. The molecule has 0 aliphatic carbocycles. The van der Waals surface area contributed by atoms with E-state index in [9.17, 15) is 0 Å². The first kappa shape index (κ1) is 17.6. The lowest BCUT2D eigenvalue weighted by Gasteiger charge is -2.12. The van der Waals surface area contributed by atoms with Gasteiger partial charge in [0.15, 0.2) is 5.58 Å². The van der Waals surface area contributed by atoms with Gasteiger partial charge in [-0.2, -0.15) is 0 Å². The van der Waals surface area contributed by atoms with Crippen LogP contribution in [0, 0.1) is 0 Å². The molecule has 148 valence electrons. The molecule has 31 heavy (non-hydrogen) atoms. The van der Waals surface area contributed by atoms with Crippen LogP contribution in [0.2, 0.25) is 0 Å². The van der Waals surface area contributed by atoms with E-state index in [4.69, 9.17) is 4.42 Å². The van der Waals surface area contributed by atoms with Gasteiger partial charge in [0.25, 0.3) is 0 Å². The summed E-state index contributed by atoms with van der Waals surface area (Å²) in [6, 6.07) is 37.4. The van der Waals surface area contributed by atoms with Crippen LogP contribution < -0.4 is 10.6 Å². The molecule has 0 aliphatic heterocycles. The van der Waals surface area contributed by atoms with Gasteiger partial charge in [-0.1, -0.05) is 66.7 Å². The SMILES string of the molecule is c1ccc(Nc2cc(Nc3ccc4ccccc4c3)c3oc4ccccc4c3c2)cc1. The summed E-state index contributed by atoms with van der Waals surface area (Å²) < 4.78 is 6.26. The predicted octanol–water partition coefficient (Wildman–Crippen LogP) is 8.23. The van der Waals surface area contributed by atoms with Crippen LogP contribution in [-0.4, -0.2) is 0 Å². The van der Waals surface area contributed by atoms with Crippen molar-refractivity contribution < 1.29 is 4.42 Å². The van der Waals surface area contributed by atoms with Gasteiger partial charge in [-0.05, 0) is 53.2 Å². The number of benzene rings is 5. The molecule has 1 heterocycles. The summed E-state index contributed by atoms with van der Waals surface area (Å²) in [5.74, 6) is 0. The standard InChI is InChI=1S/C28H20N2O/c1-2-10-21(11-3-1)29-23-17-25-24-12-6-7-13-27(24)31-28(25)26(18-23)30-22-15-14-19-8-4-5-9-20(19)16-22/h1-18,29-30H. The van der Waals surface area contributed by atoms with Gasteiger partial charge in [0.2, 0.25) is 0 Å². The first-order valence-corrected chi connectivity index (χ1v) is 10.4.